The summed E-state index contributed by atoms with van der Waals surface area (Å²) in [5, 5.41) is 0. The van der Waals surface area contributed by atoms with Gasteiger partial charge in [-0.1, -0.05) is 31.2 Å². The molecule has 0 spiro atoms. The lowest BCUT2D eigenvalue weighted by Gasteiger charge is -2.23. The molecule has 0 bridgehead atoms. The average molecular weight is 203 g/mol. The van der Waals surface area contributed by atoms with Crippen LogP contribution in [-0.2, 0) is 0 Å². The number of rotatable bonds is 5. The number of hydrogen-bond donors (Lipinski definition) is 0. The monoisotopic (exact) mass is 203 g/mol. The van der Waals surface area contributed by atoms with Gasteiger partial charge in [-0.05, 0) is 38.0 Å². The van der Waals surface area contributed by atoms with Gasteiger partial charge in [0.1, 0.15) is 0 Å². The smallest absolute Gasteiger partial charge is 0.0372 e. The van der Waals surface area contributed by atoms with E-state index in [1.807, 2.05) is 0 Å². The van der Waals surface area contributed by atoms with Crippen LogP contribution in [0.4, 0.5) is 5.69 Å². The third-order valence-electron chi connectivity index (χ3n) is 2.58. The lowest BCUT2D eigenvalue weighted by Crippen LogP contribution is -2.23. The molecule has 15 heavy (non-hydrogen) atoms. The van der Waals surface area contributed by atoms with E-state index < -0.39 is 0 Å². The zero-order chi connectivity index (χ0) is 11.3. The van der Waals surface area contributed by atoms with Gasteiger partial charge >= 0.3 is 0 Å². The lowest BCUT2D eigenvalue weighted by atomic mass is 10.1. The molecule has 0 heterocycles. The summed E-state index contributed by atoms with van der Waals surface area (Å²) in [6.07, 6.45) is 1.19. The topological polar surface area (TPSA) is 3.24 Å². The number of hydrogen-bond acceptors (Lipinski definition) is 1. The first-order valence-corrected chi connectivity index (χ1v) is 5.70. The molecule has 0 radical (unpaired) electrons. The first-order valence-electron chi connectivity index (χ1n) is 5.70. The van der Waals surface area contributed by atoms with Crippen LogP contribution in [0.3, 0.4) is 0 Å². The molecule has 0 aliphatic carbocycles. The highest BCUT2D eigenvalue weighted by Gasteiger charge is 2.03. The minimum Gasteiger partial charge on any atom is -0.372 e. The zero-order valence-electron chi connectivity index (χ0n) is 10.1. The van der Waals surface area contributed by atoms with Crippen molar-refractivity contribution < 1.29 is 0 Å². The van der Waals surface area contributed by atoms with E-state index in [0.29, 0.717) is 0 Å². The molecule has 0 N–H and O–H groups in total. The summed E-state index contributed by atoms with van der Waals surface area (Å²) < 4.78 is 0. The minimum atomic E-state index is 1.06. The van der Waals surface area contributed by atoms with Crippen LogP contribution < -0.4 is 4.90 Å². The molecule has 0 saturated carbocycles. The van der Waals surface area contributed by atoms with E-state index in [-0.39, 0.29) is 0 Å². The van der Waals surface area contributed by atoms with Crippen LogP contribution in [0, 0.1) is 0 Å². The molecule has 1 aromatic rings. The summed E-state index contributed by atoms with van der Waals surface area (Å²) in [6.45, 7) is 12.6. The Kier molecular flexibility index (Phi) is 4.41. The number of benzene rings is 1. The van der Waals surface area contributed by atoms with Gasteiger partial charge in [0.15, 0.2) is 0 Å². The van der Waals surface area contributed by atoms with E-state index in [1.165, 1.54) is 17.7 Å². The largest absolute Gasteiger partial charge is 0.372 e. The van der Waals surface area contributed by atoms with Crippen LogP contribution in [0.1, 0.15) is 32.8 Å². The van der Waals surface area contributed by atoms with Crippen LogP contribution >= 0.6 is 0 Å². The summed E-state index contributed by atoms with van der Waals surface area (Å²) in [4.78, 5) is 2.40. The van der Waals surface area contributed by atoms with Gasteiger partial charge in [0.25, 0.3) is 0 Å². The predicted molar refractivity (Wildman–Crippen MR) is 69.3 cm³/mol. The van der Waals surface area contributed by atoms with Gasteiger partial charge in [-0.15, -0.1) is 0 Å². The molecule has 1 heteroatoms. The maximum atomic E-state index is 3.98. The van der Waals surface area contributed by atoms with Crippen molar-refractivity contribution in [3.05, 3.63) is 36.4 Å². The molecule has 0 unspecified atom stereocenters. The van der Waals surface area contributed by atoms with Crippen LogP contribution in [0.15, 0.2) is 30.8 Å². The maximum absolute atomic E-state index is 3.98. The molecular formula is C14H21N. The van der Waals surface area contributed by atoms with Gasteiger partial charge in [0.2, 0.25) is 0 Å². The fourth-order valence-electron chi connectivity index (χ4n) is 1.71. The molecule has 1 aromatic carbocycles. The third-order valence-corrected chi connectivity index (χ3v) is 2.58. The van der Waals surface area contributed by atoms with E-state index in [0.717, 1.165) is 18.7 Å². The van der Waals surface area contributed by atoms with E-state index in [1.54, 1.807) is 0 Å². The van der Waals surface area contributed by atoms with Gasteiger partial charge in [0, 0.05) is 18.8 Å². The highest BCUT2D eigenvalue weighted by Crippen LogP contribution is 2.20. The van der Waals surface area contributed by atoms with Crippen molar-refractivity contribution in [2.45, 2.75) is 27.2 Å². The van der Waals surface area contributed by atoms with Crippen molar-refractivity contribution >= 4 is 11.3 Å². The Hall–Kier alpha value is -1.24. The van der Waals surface area contributed by atoms with Gasteiger partial charge in [-0.3, -0.25) is 0 Å². The van der Waals surface area contributed by atoms with Crippen molar-refractivity contribution in [2.24, 2.45) is 0 Å². The van der Waals surface area contributed by atoms with Crippen LogP contribution in [0.2, 0.25) is 0 Å². The van der Waals surface area contributed by atoms with Gasteiger partial charge in [-0.2, -0.15) is 0 Å². The van der Waals surface area contributed by atoms with Gasteiger partial charge < -0.3 is 4.90 Å². The molecule has 0 atom stereocenters. The standard InChI is InChI=1S/C14H21N/c1-5-10-15(6-2)14-9-7-8-13(11-14)12(3)4/h7-9,11H,3,5-6,10H2,1-2,4H3. The normalized spacial score (nSPS) is 10.1. The molecular weight excluding hydrogens is 182 g/mol. The van der Waals surface area contributed by atoms with E-state index in [4.69, 9.17) is 0 Å². The fourth-order valence-corrected chi connectivity index (χ4v) is 1.71. The maximum Gasteiger partial charge on any atom is 0.0372 e. The third kappa shape index (κ3) is 3.12. The summed E-state index contributed by atoms with van der Waals surface area (Å²) in [5.41, 5.74) is 3.67. The Balaban J connectivity index is 2.92. The van der Waals surface area contributed by atoms with Gasteiger partial charge in [0.05, 0.1) is 0 Å². The van der Waals surface area contributed by atoms with Crippen molar-refractivity contribution in [1.29, 1.82) is 0 Å². The highest BCUT2D eigenvalue weighted by molar-refractivity contribution is 5.65. The molecule has 0 aromatic heterocycles. The lowest BCUT2D eigenvalue weighted by molar-refractivity contribution is 0.792. The van der Waals surface area contributed by atoms with Crippen LogP contribution in [-0.4, -0.2) is 13.1 Å². The van der Waals surface area contributed by atoms with Crippen molar-refractivity contribution in [3.63, 3.8) is 0 Å². The SMILES string of the molecule is C=C(C)c1cccc(N(CC)CCC)c1. The van der Waals surface area contributed by atoms with E-state index >= 15 is 0 Å². The number of anilines is 1. The predicted octanol–water partition coefficient (Wildman–Crippen LogP) is 3.96. The molecule has 0 saturated heterocycles. The van der Waals surface area contributed by atoms with Crippen LogP contribution in [0.5, 0.6) is 0 Å². The molecule has 82 valence electrons. The summed E-state index contributed by atoms with van der Waals surface area (Å²) in [5.74, 6) is 0. The summed E-state index contributed by atoms with van der Waals surface area (Å²) in [7, 11) is 0. The zero-order valence-corrected chi connectivity index (χ0v) is 10.1. The van der Waals surface area contributed by atoms with Crippen molar-refractivity contribution in [2.75, 3.05) is 18.0 Å². The Morgan fingerprint density at radius 3 is 2.60 bits per heavy atom. The highest BCUT2D eigenvalue weighted by atomic mass is 15.1. The second-order valence-corrected chi connectivity index (χ2v) is 3.91. The first kappa shape index (κ1) is 11.8. The number of allylic oxidation sites excluding steroid dienone is 1. The summed E-state index contributed by atoms with van der Waals surface area (Å²) >= 11 is 0. The van der Waals surface area contributed by atoms with E-state index in [2.05, 4.69) is 56.5 Å². The van der Waals surface area contributed by atoms with Crippen LogP contribution in [0.25, 0.3) is 5.57 Å². The van der Waals surface area contributed by atoms with Crippen molar-refractivity contribution in [3.8, 4) is 0 Å². The minimum absolute atomic E-state index is 1.06. The van der Waals surface area contributed by atoms with Crippen molar-refractivity contribution in [1.82, 2.24) is 0 Å². The second kappa shape index (κ2) is 5.59. The molecule has 0 fully saturated rings. The Labute approximate surface area is 93.4 Å². The molecule has 1 rings (SSSR count). The van der Waals surface area contributed by atoms with Gasteiger partial charge in [-0.25, -0.2) is 0 Å². The summed E-state index contributed by atoms with van der Waals surface area (Å²) in [6, 6.07) is 8.62. The Bertz CT molecular complexity index is 328. The Morgan fingerprint density at radius 2 is 2.07 bits per heavy atom. The van der Waals surface area contributed by atoms with E-state index in [9.17, 15) is 0 Å². The quantitative estimate of drug-likeness (QED) is 0.700. The molecule has 1 nitrogen and oxygen atoms in total. The average Bonchev–Trinajstić information content (AvgIpc) is 2.26. The Morgan fingerprint density at radius 1 is 1.33 bits per heavy atom. The first-order chi connectivity index (χ1) is 7.19. The fraction of sp³-hybridized carbons (Fsp3) is 0.429. The second-order valence-electron chi connectivity index (χ2n) is 3.91. The number of nitrogens with zero attached hydrogens (tertiary/aromatic N) is 1. The molecule has 0 aliphatic rings. The molecule has 0 aliphatic heterocycles. The molecule has 0 amide bonds.